The van der Waals surface area contributed by atoms with Gasteiger partial charge in [-0.25, -0.2) is 4.98 Å². The summed E-state index contributed by atoms with van der Waals surface area (Å²) in [4.78, 5) is 18.3. The first kappa shape index (κ1) is 12.6. The van der Waals surface area contributed by atoms with Crippen LogP contribution >= 0.6 is 11.3 Å². The number of pyridine rings is 1. The van der Waals surface area contributed by atoms with E-state index in [4.69, 9.17) is 5.73 Å². The van der Waals surface area contributed by atoms with Crippen molar-refractivity contribution in [2.75, 3.05) is 5.73 Å². The second-order valence-electron chi connectivity index (χ2n) is 5.48. The van der Waals surface area contributed by atoms with Crippen LogP contribution in [0.4, 0.5) is 5.69 Å². The topological polar surface area (TPSA) is 68.0 Å². The Morgan fingerprint density at radius 2 is 2.14 bits per heavy atom. The second kappa shape index (κ2) is 4.70. The monoisotopic (exact) mass is 297 g/mol. The Labute approximate surface area is 126 Å². The predicted molar refractivity (Wildman–Crippen MR) is 86.6 cm³/mol. The molecule has 2 heterocycles. The first-order valence-electron chi connectivity index (χ1n) is 7.11. The number of nitrogens with zero attached hydrogens (tertiary/aromatic N) is 1. The standard InChI is InChI=1S/C16H15N3OS/c17-13-11-8-9-4-1-2-7-12(9)19-16(11)21-14(13)15(20)18-10-5-3-6-10/h1-2,4,7-8,10H,3,5-6,17H2,(H,18,20). The zero-order valence-corrected chi connectivity index (χ0v) is 12.2. The van der Waals surface area contributed by atoms with Gasteiger partial charge < -0.3 is 11.1 Å². The number of anilines is 1. The molecule has 0 radical (unpaired) electrons. The number of para-hydroxylation sites is 1. The number of aromatic nitrogens is 1. The number of fused-ring (bicyclic) bond motifs is 2. The molecule has 106 valence electrons. The Balaban J connectivity index is 1.80. The number of hydrogen-bond acceptors (Lipinski definition) is 4. The van der Waals surface area contributed by atoms with E-state index in [9.17, 15) is 4.79 Å². The van der Waals surface area contributed by atoms with Gasteiger partial charge in [0.25, 0.3) is 5.91 Å². The van der Waals surface area contributed by atoms with Crippen molar-refractivity contribution in [1.29, 1.82) is 0 Å². The lowest BCUT2D eigenvalue weighted by molar-refractivity contribution is 0.0922. The molecule has 1 aromatic carbocycles. The lowest BCUT2D eigenvalue weighted by Crippen LogP contribution is -2.39. The third-order valence-corrected chi connectivity index (χ3v) is 5.18. The molecule has 3 N–H and O–H groups in total. The van der Waals surface area contributed by atoms with Gasteiger partial charge in [0.1, 0.15) is 9.71 Å². The van der Waals surface area contributed by atoms with Crippen LogP contribution in [0.2, 0.25) is 0 Å². The Kier molecular flexibility index (Phi) is 2.82. The summed E-state index contributed by atoms with van der Waals surface area (Å²) < 4.78 is 0. The normalized spacial score (nSPS) is 15.2. The number of carbonyl (C=O) groups is 1. The zero-order chi connectivity index (χ0) is 14.4. The van der Waals surface area contributed by atoms with E-state index < -0.39 is 0 Å². The van der Waals surface area contributed by atoms with Gasteiger partial charge >= 0.3 is 0 Å². The molecule has 0 bridgehead atoms. The van der Waals surface area contributed by atoms with E-state index in [0.29, 0.717) is 16.6 Å². The molecule has 0 unspecified atom stereocenters. The molecule has 5 heteroatoms. The lowest BCUT2D eigenvalue weighted by atomic mass is 9.93. The molecule has 1 fully saturated rings. The third kappa shape index (κ3) is 2.05. The molecule has 1 saturated carbocycles. The van der Waals surface area contributed by atoms with E-state index >= 15 is 0 Å². The van der Waals surface area contributed by atoms with Gasteiger partial charge in [0, 0.05) is 16.8 Å². The van der Waals surface area contributed by atoms with Gasteiger partial charge in [-0.1, -0.05) is 18.2 Å². The molecule has 0 saturated heterocycles. The van der Waals surface area contributed by atoms with Crippen LogP contribution in [0, 0.1) is 0 Å². The number of rotatable bonds is 2. The molecule has 1 aliphatic carbocycles. The van der Waals surface area contributed by atoms with Crippen LogP contribution in [-0.4, -0.2) is 16.9 Å². The number of carbonyl (C=O) groups excluding carboxylic acids is 1. The molecule has 21 heavy (non-hydrogen) atoms. The van der Waals surface area contributed by atoms with Crippen LogP contribution in [0.15, 0.2) is 30.3 Å². The summed E-state index contributed by atoms with van der Waals surface area (Å²) in [5.41, 5.74) is 7.65. The van der Waals surface area contributed by atoms with Crippen molar-refractivity contribution in [3.8, 4) is 0 Å². The third-order valence-electron chi connectivity index (χ3n) is 4.07. The van der Waals surface area contributed by atoms with Crippen molar-refractivity contribution in [3.63, 3.8) is 0 Å². The van der Waals surface area contributed by atoms with Gasteiger partial charge in [-0.15, -0.1) is 11.3 Å². The molecule has 1 amide bonds. The number of thiophene rings is 1. The molecule has 0 aliphatic heterocycles. The van der Waals surface area contributed by atoms with Crippen molar-refractivity contribution in [1.82, 2.24) is 10.3 Å². The quantitative estimate of drug-likeness (QED) is 0.762. The maximum atomic E-state index is 12.3. The summed E-state index contributed by atoms with van der Waals surface area (Å²) in [6, 6.07) is 10.2. The molecule has 0 spiro atoms. The summed E-state index contributed by atoms with van der Waals surface area (Å²) in [6.07, 6.45) is 3.33. The van der Waals surface area contributed by atoms with E-state index in [1.807, 2.05) is 30.3 Å². The van der Waals surface area contributed by atoms with Crippen LogP contribution < -0.4 is 11.1 Å². The smallest absolute Gasteiger partial charge is 0.263 e. The highest BCUT2D eigenvalue weighted by atomic mass is 32.1. The highest BCUT2D eigenvalue weighted by Crippen LogP contribution is 2.34. The SMILES string of the molecule is Nc1c(C(=O)NC2CCC2)sc2nc3ccccc3cc12. The Hall–Kier alpha value is -2.14. The van der Waals surface area contributed by atoms with Gasteiger partial charge in [0.05, 0.1) is 11.2 Å². The van der Waals surface area contributed by atoms with Gasteiger partial charge in [-0.2, -0.15) is 0 Å². The van der Waals surface area contributed by atoms with E-state index in [2.05, 4.69) is 10.3 Å². The molecule has 0 atom stereocenters. The average Bonchev–Trinajstić information content (AvgIpc) is 2.77. The van der Waals surface area contributed by atoms with Crippen molar-refractivity contribution in [2.24, 2.45) is 0 Å². The molecule has 1 aliphatic rings. The first-order chi connectivity index (χ1) is 10.2. The van der Waals surface area contributed by atoms with Crippen molar-refractivity contribution in [2.45, 2.75) is 25.3 Å². The Morgan fingerprint density at radius 1 is 1.33 bits per heavy atom. The Bertz CT molecular complexity index is 851. The number of nitrogens with two attached hydrogens (primary N) is 1. The van der Waals surface area contributed by atoms with Gasteiger partial charge in [0.15, 0.2) is 0 Å². The van der Waals surface area contributed by atoms with Gasteiger partial charge in [-0.05, 0) is 31.4 Å². The number of nitrogens with one attached hydrogen (secondary N) is 1. The van der Waals surface area contributed by atoms with Crippen molar-refractivity contribution < 1.29 is 4.79 Å². The first-order valence-corrected chi connectivity index (χ1v) is 7.92. The van der Waals surface area contributed by atoms with Gasteiger partial charge in [0.2, 0.25) is 0 Å². The van der Waals surface area contributed by atoms with E-state index in [-0.39, 0.29) is 5.91 Å². The highest BCUT2D eigenvalue weighted by molar-refractivity contribution is 7.21. The van der Waals surface area contributed by atoms with Crippen LogP contribution in [0.1, 0.15) is 28.9 Å². The maximum absolute atomic E-state index is 12.3. The van der Waals surface area contributed by atoms with Gasteiger partial charge in [-0.3, -0.25) is 4.79 Å². The Morgan fingerprint density at radius 3 is 2.90 bits per heavy atom. The van der Waals surface area contributed by atoms with E-state index in [0.717, 1.165) is 34.0 Å². The molecular formula is C16H15N3OS. The fraction of sp³-hybridized carbons (Fsp3) is 0.250. The molecule has 4 rings (SSSR count). The fourth-order valence-corrected chi connectivity index (χ4v) is 3.60. The molecular weight excluding hydrogens is 282 g/mol. The number of benzene rings is 1. The molecule has 3 aromatic rings. The minimum Gasteiger partial charge on any atom is -0.397 e. The largest absolute Gasteiger partial charge is 0.397 e. The van der Waals surface area contributed by atoms with Crippen LogP contribution in [0.5, 0.6) is 0 Å². The summed E-state index contributed by atoms with van der Waals surface area (Å²) >= 11 is 1.38. The fourth-order valence-electron chi connectivity index (χ4n) is 2.62. The second-order valence-corrected chi connectivity index (χ2v) is 6.48. The summed E-state index contributed by atoms with van der Waals surface area (Å²) in [7, 11) is 0. The minimum absolute atomic E-state index is 0.0655. The van der Waals surface area contributed by atoms with Crippen molar-refractivity contribution >= 4 is 44.1 Å². The lowest BCUT2D eigenvalue weighted by Gasteiger charge is -2.26. The zero-order valence-electron chi connectivity index (χ0n) is 11.4. The summed E-state index contributed by atoms with van der Waals surface area (Å²) in [5, 5.41) is 4.95. The number of hydrogen-bond donors (Lipinski definition) is 2. The van der Waals surface area contributed by atoms with Crippen LogP contribution in [-0.2, 0) is 0 Å². The summed E-state index contributed by atoms with van der Waals surface area (Å²) in [5.74, 6) is -0.0655. The van der Waals surface area contributed by atoms with Crippen LogP contribution in [0.25, 0.3) is 21.1 Å². The average molecular weight is 297 g/mol. The summed E-state index contributed by atoms with van der Waals surface area (Å²) in [6.45, 7) is 0. The van der Waals surface area contributed by atoms with Crippen LogP contribution in [0.3, 0.4) is 0 Å². The predicted octanol–water partition coefficient (Wildman–Crippen LogP) is 3.31. The maximum Gasteiger partial charge on any atom is 0.263 e. The number of nitrogen functional groups attached to an aromatic ring is 1. The van der Waals surface area contributed by atoms with E-state index in [1.54, 1.807) is 0 Å². The van der Waals surface area contributed by atoms with Crippen molar-refractivity contribution in [3.05, 3.63) is 35.2 Å². The molecule has 2 aromatic heterocycles. The highest BCUT2D eigenvalue weighted by Gasteiger charge is 2.23. The number of amides is 1. The van der Waals surface area contributed by atoms with E-state index in [1.165, 1.54) is 17.8 Å². The molecule has 4 nitrogen and oxygen atoms in total. The minimum atomic E-state index is -0.0655.